The van der Waals surface area contributed by atoms with Gasteiger partial charge in [0.1, 0.15) is 17.5 Å². The number of anilines is 1. The van der Waals surface area contributed by atoms with Gasteiger partial charge >= 0.3 is 0 Å². The SMILES string of the molecule is CCNc1nc(C2CC2)nc(-c2cncc(F)c2)c1C. The molecule has 1 fully saturated rings. The van der Waals surface area contributed by atoms with Gasteiger partial charge < -0.3 is 5.32 Å². The Bertz CT molecular complexity index is 638. The quantitative estimate of drug-likeness (QED) is 0.927. The van der Waals surface area contributed by atoms with Crippen LogP contribution in [0, 0.1) is 12.7 Å². The fourth-order valence-electron chi connectivity index (χ4n) is 2.22. The summed E-state index contributed by atoms with van der Waals surface area (Å²) in [4.78, 5) is 13.1. The molecule has 0 atom stereocenters. The topological polar surface area (TPSA) is 50.7 Å². The van der Waals surface area contributed by atoms with Gasteiger partial charge in [-0.3, -0.25) is 4.98 Å². The zero-order valence-corrected chi connectivity index (χ0v) is 11.7. The number of halogens is 1. The molecule has 0 amide bonds. The van der Waals surface area contributed by atoms with Gasteiger partial charge in [-0.15, -0.1) is 0 Å². The Morgan fingerprint density at radius 3 is 2.75 bits per heavy atom. The predicted octanol–water partition coefficient (Wildman–Crippen LogP) is 3.30. The largest absolute Gasteiger partial charge is 0.370 e. The molecule has 1 aliphatic carbocycles. The molecule has 1 saturated carbocycles. The highest BCUT2D eigenvalue weighted by Crippen LogP contribution is 2.40. The van der Waals surface area contributed by atoms with E-state index in [-0.39, 0.29) is 5.82 Å². The van der Waals surface area contributed by atoms with Crippen LogP contribution in [0.5, 0.6) is 0 Å². The molecule has 20 heavy (non-hydrogen) atoms. The molecule has 2 aromatic rings. The lowest BCUT2D eigenvalue weighted by atomic mass is 10.1. The number of aromatic nitrogens is 3. The molecule has 0 radical (unpaired) electrons. The van der Waals surface area contributed by atoms with E-state index in [2.05, 4.69) is 20.3 Å². The summed E-state index contributed by atoms with van der Waals surface area (Å²) < 4.78 is 13.4. The van der Waals surface area contributed by atoms with Gasteiger partial charge in [-0.2, -0.15) is 0 Å². The average Bonchev–Trinajstić information content (AvgIpc) is 3.26. The van der Waals surface area contributed by atoms with Crippen LogP contribution in [0.4, 0.5) is 10.2 Å². The molecule has 0 saturated heterocycles. The van der Waals surface area contributed by atoms with Crippen LogP contribution in [0.15, 0.2) is 18.5 Å². The Morgan fingerprint density at radius 2 is 2.10 bits per heavy atom. The van der Waals surface area contributed by atoms with Crippen molar-refractivity contribution in [2.45, 2.75) is 32.6 Å². The van der Waals surface area contributed by atoms with Crippen molar-refractivity contribution in [1.29, 1.82) is 0 Å². The predicted molar refractivity (Wildman–Crippen MR) is 76.1 cm³/mol. The first kappa shape index (κ1) is 13.0. The Morgan fingerprint density at radius 1 is 1.30 bits per heavy atom. The van der Waals surface area contributed by atoms with Gasteiger partial charge in [0.2, 0.25) is 0 Å². The second kappa shape index (κ2) is 5.15. The zero-order valence-electron chi connectivity index (χ0n) is 11.7. The van der Waals surface area contributed by atoms with E-state index in [0.29, 0.717) is 11.5 Å². The highest BCUT2D eigenvalue weighted by molar-refractivity contribution is 5.67. The number of rotatable bonds is 4. The van der Waals surface area contributed by atoms with Gasteiger partial charge in [0.25, 0.3) is 0 Å². The standard InChI is InChI=1S/C15H17FN4/c1-3-18-14-9(2)13(11-6-12(16)8-17-7-11)19-15(20-14)10-4-5-10/h6-8,10H,3-5H2,1-2H3,(H,18,19,20). The molecule has 2 aromatic heterocycles. The molecule has 2 heterocycles. The normalized spacial score (nSPS) is 14.3. The summed E-state index contributed by atoms with van der Waals surface area (Å²) in [6, 6.07) is 1.47. The summed E-state index contributed by atoms with van der Waals surface area (Å²) in [6.45, 7) is 4.78. The maximum absolute atomic E-state index is 13.4. The lowest BCUT2D eigenvalue weighted by molar-refractivity contribution is 0.622. The summed E-state index contributed by atoms with van der Waals surface area (Å²) in [5.41, 5.74) is 2.40. The van der Waals surface area contributed by atoms with E-state index in [1.165, 1.54) is 12.3 Å². The third-order valence-corrected chi connectivity index (χ3v) is 3.43. The molecule has 5 heteroatoms. The van der Waals surface area contributed by atoms with Crippen LogP contribution in [0.3, 0.4) is 0 Å². The summed E-state index contributed by atoms with van der Waals surface area (Å²) >= 11 is 0. The number of pyridine rings is 1. The number of hydrogen-bond acceptors (Lipinski definition) is 4. The average molecular weight is 272 g/mol. The van der Waals surface area contributed by atoms with Crippen molar-refractivity contribution < 1.29 is 4.39 Å². The van der Waals surface area contributed by atoms with Crippen LogP contribution in [-0.2, 0) is 0 Å². The molecule has 0 bridgehead atoms. The molecule has 1 aliphatic rings. The van der Waals surface area contributed by atoms with Crippen molar-refractivity contribution in [3.63, 3.8) is 0 Å². The van der Waals surface area contributed by atoms with Crippen molar-refractivity contribution in [3.8, 4) is 11.3 Å². The van der Waals surface area contributed by atoms with Crippen LogP contribution >= 0.6 is 0 Å². The van der Waals surface area contributed by atoms with Crippen LogP contribution in [0.1, 0.15) is 37.1 Å². The highest BCUT2D eigenvalue weighted by atomic mass is 19.1. The molecule has 3 rings (SSSR count). The summed E-state index contributed by atoms with van der Waals surface area (Å²) in [6.07, 6.45) is 5.11. The number of hydrogen-bond donors (Lipinski definition) is 1. The minimum Gasteiger partial charge on any atom is -0.370 e. The van der Waals surface area contributed by atoms with Crippen LogP contribution in [-0.4, -0.2) is 21.5 Å². The Kier molecular flexibility index (Phi) is 3.34. The fraction of sp³-hybridized carbons (Fsp3) is 0.400. The van der Waals surface area contributed by atoms with E-state index in [1.54, 1.807) is 6.20 Å². The van der Waals surface area contributed by atoms with E-state index in [9.17, 15) is 4.39 Å². The second-order valence-corrected chi connectivity index (χ2v) is 5.10. The maximum Gasteiger partial charge on any atom is 0.142 e. The molecular weight excluding hydrogens is 255 g/mol. The van der Waals surface area contributed by atoms with Crippen LogP contribution in [0.2, 0.25) is 0 Å². The fourth-order valence-corrected chi connectivity index (χ4v) is 2.22. The zero-order chi connectivity index (χ0) is 14.1. The van der Waals surface area contributed by atoms with Gasteiger partial charge in [-0.05, 0) is 32.8 Å². The Balaban J connectivity index is 2.12. The Labute approximate surface area is 117 Å². The first-order chi connectivity index (χ1) is 9.69. The molecule has 0 unspecified atom stereocenters. The minimum absolute atomic E-state index is 0.349. The van der Waals surface area contributed by atoms with Gasteiger partial charge in [0, 0.05) is 29.8 Å². The third kappa shape index (κ3) is 2.48. The van der Waals surface area contributed by atoms with Crippen LogP contribution < -0.4 is 5.32 Å². The Hall–Kier alpha value is -2.04. The molecular formula is C15H17FN4. The van der Waals surface area contributed by atoms with E-state index in [1.807, 2.05) is 13.8 Å². The van der Waals surface area contributed by atoms with E-state index < -0.39 is 0 Å². The molecule has 4 nitrogen and oxygen atoms in total. The monoisotopic (exact) mass is 272 g/mol. The van der Waals surface area contributed by atoms with Crippen molar-refractivity contribution in [1.82, 2.24) is 15.0 Å². The molecule has 0 spiro atoms. The summed E-state index contributed by atoms with van der Waals surface area (Å²) in [5, 5.41) is 3.26. The summed E-state index contributed by atoms with van der Waals surface area (Å²) in [5.74, 6) is 1.79. The minimum atomic E-state index is -0.349. The van der Waals surface area contributed by atoms with Crippen molar-refractivity contribution in [3.05, 3.63) is 35.7 Å². The smallest absolute Gasteiger partial charge is 0.142 e. The van der Waals surface area contributed by atoms with Crippen molar-refractivity contribution in [2.75, 3.05) is 11.9 Å². The summed E-state index contributed by atoms with van der Waals surface area (Å²) in [7, 11) is 0. The van der Waals surface area contributed by atoms with Gasteiger partial charge in [0.05, 0.1) is 11.9 Å². The molecule has 104 valence electrons. The number of nitrogens with zero attached hydrogens (tertiary/aromatic N) is 3. The first-order valence-electron chi connectivity index (χ1n) is 6.92. The van der Waals surface area contributed by atoms with Gasteiger partial charge in [0.15, 0.2) is 0 Å². The van der Waals surface area contributed by atoms with Gasteiger partial charge in [-0.25, -0.2) is 14.4 Å². The number of nitrogens with one attached hydrogen (secondary N) is 1. The maximum atomic E-state index is 13.4. The van der Waals surface area contributed by atoms with Crippen molar-refractivity contribution in [2.24, 2.45) is 0 Å². The third-order valence-electron chi connectivity index (χ3n) is 3.43. The highest BCUT2D eigenvalue weighted by Gasteiger charge is 2.28. The first-order valence-corrected chi connectivity index (χ1v) is 6.92. The van der Waals surface area contributed by atoms with E-state index in [4.69, 9.17) is 0 Å². The van der Waals surface area contributed by atoms with E-state index >= 15 is 0 Å². The molecule has 1 N–H and O–H groups in total. The molecule has 0 aliphatic heterocycles. The van der Waals surface area contributed by atoms with Gasteiger partial charge in [-0.1, -0.05) is 0 Å². The van der Waals surface area contributed by atoms with Crippen molar-refractivity contribution >= 4 is 5.82 Å². The van der Waals surface area contributed by atoms with Crippen LogP contribution in [0.25, 0.3) is 11.3 Å². The lowest BCUT2D eigenvalue weighted by Crippen LogP contribution is -2.07. The van der Waals surface area contributed by atoms with E-state index in [0.717, 1.165) is 42.3 Å². The second-order valence-electron chi connectivity index (χ2n) is 5.10. The lowest BCUT2D eigenvalue weighted by Gasteiger charge is -2.13. The molecule has 0 aromatic carbocycles.